The van der Waals surface area contributed by atoms with Crippen LogP contribution in [0.15, 0.2) is 83.0 Å². The number of nitrogens with zero attached hydrogens (tertiary/aromatic N) is 2. The Morgan fingerprint density at radius 1 is 1.13 bits per heavy atom. The minimum absolute atomic E-state index is 0.0534. The maximum atomic E-state index is 13.1. The summed E-state index contributed by atoms with van der Waals surface area (Å²) < 4.78 is 5.59. The van der Waals surface area contributed by atoms with Gasteiger partial charge in [-0.1, -0.05) is 84.6 Å². The van der Waals surface area contributed by atoms with Crippen molar-refractivity contribution >= 4 is 34.9 Å². The summed E-state index contributed by atoms with van der Waals surface area (Å²) in [6.45, 7) is 3.82. The molecule has 2 atom stereocenters. The average Bonchev–Trinajstić information content (AvgIpc) is 3.04. The Labute approximate surface area is 180 Å². The molecule has 0 aliphatic carbocycles. The molecule has 2 heterocycles. The van der Waals surface area contributed by atoms with Crippen molar-refractivity contribution in [2.45, 2.75) is 31.7 Å². The van der Waals surface area contributed by atoms with Crippen molar-refractivity contribution in [3.05, 3.63) is 89.1 Å². The minimum atomic E-state index is -0.550. The van der Waals surface area contributed by atoms with Crippen molar-refractivity contribution in [3.8, 4) is 0 Å². The van der Waals surface area contributed by atoms with Gasteiger partial charge in [0, 0.05) is 0 Å². The van der Waals surface area contributed by atoms with Crippen LogP contribution >= 0.6 is 11.8 Å². The summed E-state index contributed by atoms with van der Waals surface area (Å²) in [4.78, 5) is 32.0. The number of ether oxygens (including phenoxy) is 1. The normalized spacial score (nSPS) is 21.1. The van der Waals surface area contributed by atoms with E-state index in [9.17, 15) is 9.59 Å². The van der Waals surface area contributed by atoms with E-state index in [1.807, 2.05) is 79.7 Å². The van der Waals surface area contributed by atoms with Crippen LogP contribution in [0.3, 0.4) is 0 Å². The zero-order valence-electron chi connectivity index (χ0n) is 16.8. The summed E-state index contributed by atoms with van der Waals surface area (Å²) in [5.74, 6) is -0.512. The molecule has 2 unspecified atom stereocenters. The number of hydrogen-bond donors (Lipinski definition) is 0. The summed E-state index contributed by atoms with van der Waals surface area (Å²) in [6, 6.07) is 18.8. The molecular weight excluding hydrogens is 396 g/mol. The van der Waals surface area contributed by atoms with Gasteiger partial charge in [-0.25, -0.2) is 9.79 Å². The SMILES string of the molecule is CC1=C(C(=O)OCc2ccccc2)C(/C=C/c2ccccc2)N2C(=O)C(C)SC2=N1. The van der Waals surface area contributed by atoms with Crippen LogP contribution in [0.4, 0.5) is 0 Å². The van der Waals surface area contributed by atoms with Gasteiger partial charge in [0.05, 0.1) is 22.6 Å². The van der Waals surface area contributed by atoms with Crippen molar-refractivity contribution in [2.75, 3.05) is 0 Å². The topological polar surface area (TPSA) is 59.0 Å². The molecule has 2 aromatic rings. The summed E-state index contributed by atoms with van der Waals surface area (Å²) >= 11 is 1.42. The van der Waals surface area contributed by atoms with Gasteiger partial charge in [0.1, 0.15) is 6.61 Å². The molecular formula is C24H22N2O3S. The molecule has 1 fully saturated rings. The molecule has 1 amide bonds. The van der Waals surface area contributed by atoms with Crippen LogP contribution < -0.4 is 0 Å². The van der Waals surface area contributed by atoms with E-state index in [0.717, 1.165) is 11.1 Å². The van der Waals surface area contributed by atoms with Gasteiger partial charge in [-0.05, 0) is 25.0 Å². The van der Waals surface area contributed by atoms with Gasteiger partial charge in [0.25, 0.3) is 0 Å². The number of rotatable bonds is 5. The lowest BCUT2D eigenvalue weighted by molar-refractivity contribution is -0.141. The second kappa shape index (κ2) is 8.71. The molecule has 0 radical (unpaired) electrons. The van der Waals surface area contributed by atoms with E-state index >= 15 is 0 Å². The standard InChI is InChI=1S/C24H22N2O3S/c1-16-21(23(28)29-15-19-11-7-4-8-12-19)20(14-13-18-9-5-3-6-10-18)26-22(27)17(2)30-24(26)25-16/h3-14,17,20H,15H2,1-2H3/b14-13+. The van der Waals surface area contributed by atoms with E-state index in [1.165, 1.54) is 11.8 Å². The number of amides is 1. The minimum Gasteiger partial charge on any atom is -0.457 e. The van der Waals surface area contributed by atoms with Crippen LogP contribution in [-0.4, -0.2) is 33.2 Å². The summed E-state index contributed by atoms with van der Waals surface area (Å²) in [5, 5.41) is 0.399. The Morgan fingerprint density at radius 2 is 1.80 bits per heavy atom. The van der Waals surface area contributed by atoms with E-state index in [0.29, 0.717) is 16.4 Å². The molecule has 2 aliphatic heterocycles. The fourth-order valence-electron chi connectivity index (χ4n) is 3.46. The van der Waals surface area contributed by atoms with Gasteiger partial charge in [-0.3, -0.25) is 9.69 Å². The second-order valence-corrected chi connectivity index (χ2v) is 8.45. The predicted octanol–water partition coefficient (Wildman–Crippen LogP) is 4.42. The highest BCUT2D eigenvalue weighted by atomic mass is 32.2. The average molecular weight is 419 g/mol. The number of fused-ring (bicyclic) bond motifs is 1. The van der Waals surface area contributed by atoms with Gasteiger partial charge in [-0.15, -0.1) is 0 Å². The molecule has 0 N–H and O–H groups in total. The number of carbonyl (C=O) groups excluding carboxylic acids is 2. The van der Waals surface area contributed by atoms with E-state index in [1.54, 1.807) is 11.8 Å². The Balaban J connectivity index is 1.64. The molecule has 6 heteroatoms. The summed E-state index contributed by atoms with van der Waals surface area (Å²) in [7, 11) is 0. The number of amidine groups is 1. The molecule has 0 aromatic heterocycles. The first kappa shape index (κ1) is 20.2. The third-order valence-corrected chi connectivity index (χ3v) is 6.06. The van der Waals surface area contributed by atoms with Crippen LogP contribution in [0.1, 0.15) is 25.0 Å². The lowest BCUT2D eigenvalue weighted by Gasteiger charge is -2.30. The first-order chi connectivity index (χ1) is 14.5. The monoisotopic (exact) mass is 418 g/mol. The Hall–Kier alpha value is -3.12. The molecule has 4 rings (SSSR count). The first-order valence-corrected chi connectivity index (χ1v) is 10.7. The fourth-order valence-corrected chi connectivity index (χ4v) is 4.49. The zero-order valence-corrected chi connectivity index (χ0v) is 17.6. The van der Waals surface area contributed by atoms with Crippen LogP contribution in [0.2, 0.25) is 0 Å². The van der Waals surface area contributed by atoms with E-state index in [2.05, 4.69) is 4.99 Å². The number of thioether (sulfide) groups is 1. The number of hydrogen-bond acceptors (Lipinski definition) is 5. The maximum Gasteiger partial charge on any atom is 0.338 e. The maximum absolute atomic E-state index is 13.1. The first-order valence-electron chi connectivity index (χ1n) is 9.78. The molecule has 2 aliphatic rings. The predicted molar refractivity (Wildman–Crippen MR) is 120 cm³/mol. The lowest BCUT2D eigenvalue weighted by atomic mass is 10.00. The van der Waals surface area contributed by atoms with Gasteiger partial charge >= 0.3 is 5.97 Å². The van der Waals surface area contributed by atoms with Gasteiger partial charge in [-0.2, -0.15) is 0 Å². The Kier molecular flexibility index (Phi) is 5.86. The van der Waals surface area contributed by atoms with Crippen LogP contribution in [0.25, 0.3) is 6.08 Å². The number of aliphatic imine (C=N–C) groups is 1. The highest BCUT2D eigenvalue weighted by Gasteiger charge is 2.44. The third kappa shape index (κ3) is 4.09. The number of esters is 1. The fraction of sp³-hybridized carbons (Fsp3) is 0.208. The van der Waals surface area contributed by atoms with Crippen molar-refractivity contribution in [2.24, 2.45) is 4.99 Å². The molecule has 1 saturated heterocycles. The van der Waals surface area contributed by atoms with Gasteiger partial charge < -0.3 is 4.74 Å². The number of allylic oxidation sites excluding steroid dienone is 1. The van der Waals surface area contributed by atoms with E-state index < -0.39 is 12.0 Å². The summed E-state index contributed by atoms with van der Waals surface area (Å²) in [6.07, 6.45) is 3.80. The highest BCUT2D eigenvalue weighted by molar-refractivity contribution is 8.15. The number of carbonyl (C=O) groups is 2. The smallest absolute Gasteiger partial charge is 0.338 e. The van der Waals surface area contributed by atoms with Crippen LogP contribution in [0.5, 0.6) is 0 Å². The largest absolute Gasteiger partial charge is 0.457 e. The zero-order chi connectivity index (χ0) is 21.1. The quantitative estimate of drug-likeness (QED) is 0.675. The molecule has 5 nitrogen and oxygen atoms in total. The van der Waals surface area contributed by atoms with Crippen LogP contribution in [0, 0.1) is 0 Å². The number of benzene rings is 2. The Morgan fingerprint density at radius 3 is 2.50 bits per heavy atom. The lowest BCUT2D eigenvalue weighted by Crippen LogP contribution is -2.45. The third-order valence-electron chi connectivity index (χ3n) is 5.00. The molecule has 30 heavy (non-hydrogen) atoms. The highest BCUT2D eigenvalue weighted by Crippen LogP contribution is 2.36. The second-order valence-electron chi connectivity index (χ2n) is 7.14. The molecule has 2 aromatic carbocycles. The van der Waals surface area contributed by atoms with Gasteiger partial charge in [0.15, 0.2) is 5.17 Å². The van der Waals surface area contributed by atoms with Crippen LogP contribution in [-0.2, 0) is 20.9 Å². The molecule has 152 valence electrons. The molecule has 0 spiro atoms. The molecule has 0 saturated carbocycles. The Bertz CT molecular complexity index is 1040. The molecule has 0 bridgehead atoms. The summed E-state index contributed by atoms with van der Waals surface area (Å²) in [5.41, 5.74) is 2.87. The van der Waals surface area contributed by atoms with Crippen molar-refractivity contribution < 1.29 is 14.3 Å². The van der Waals surface area contributed by atoms with Gasteiger partial charge in [0.2, 0.25) is 5.91 Å². The van der Waals surface area contributed by atoms with Crippen molar-refractivity contribution in [1.82, 2.24) is 4.90 Å². The van der Waals surface area contributed by atoms with E-state index in [4.69, 9.17) is 4.74 Å². The van der Waals surface area contributed by atoms with E-state index in [-0.39, 0.29) is 17.8 Å². The van der Waals surface area contributed by atoms with Crippen molar-refractivity contribution in [1.29, 1.82) is 0 Å². The van der Waals surface area contributed by atoms with Crippen molar-refractivity contribution in [3.63, 3.8) is 0 Å².